The van der Waals surface area contributed by atoms with E-state index in [9.17, 15) is 4.39 Å². The summed E-state index contributed by atoms with van der Waals surface area (Å²) in [6.07, 6.45) is 0.944. The molecule has 1 atom stereocenters. The van der Waals surface area contributed by atoms with Gasteiger partial charge in [0, 0.05) is 22.6 Å². The van der Waals surface area contributed by atoms with Crippen molar-refractivity contribution in [1.82, 2.24) is 5.32 Å². The summed E-state index contributed by atoms with van der Waals surface area (Å²) >= 11 is 3.40. The van der Waals surface area contributed by atoms with E-state index < -0.39 is 0 Å². The quantitative estimate of drug-likeness (QED) is 0.803. The second kappa shape index (κ2) is 7.57. The minimum absolute atomic E-state index is 0.193. The van der Waals surface area contributed by atoms with E-state index in [1.807, 2.05) is 18.2 Å². The number of halogens is 2. The third kappa shape index (κ3) is 4.05. The summed E-state index contributed by atoms with van der Waals surface area (Å²) in [5.41, 5.74) is 2.17. The number of rotatable bonds is 6. The monoisotopic (exact) mass is 351 g/mol. The Kier molecular flexibility index (Phi) is 5.76. The number of hydrogen-bond acceptors (Lipinski definition) is 2. The zero-order valence-corrected chi connectivity index (χ0v) is 13.8. The number of nitrogens with one attached hydrogen (secondary N) is 1. The Labute approximate surface area is 133 Å². The zero-order valence-electron chi connectivity index (χ0n) is 12.2. The van der Waals surface area contributed by atoms with Gasteiger partial charge in [0.25, 0.3) is 0 Å². The average molecular weight is 352 g/mol. The standard InChI is InChI=1S/C17H19BrFNO/c1-3-16(14-6-4-5-7-17(14)21-2)20-11-12-8-9-13(19)10-15(12)18/h4-10,16,20H,3,11H2,1-2H3. The van der Waals surface area contributed by atoms with Gasteiger partial charge in [0.1, 0.15) is 11.6 Å². The summed E-state index contributed by atoms with van der Waals surface area (Å²) in [5, 5.41) is 3.50. The molecule has 0 spiro atoms. The first-order chi connectivity index (χ1) is 10.2. The first-order valence-corrected chi connectivity index (χ1v) is 7.75. The van der Waals surface area contributed by atoms with E-state index in [2.05, 4.69) is 34.2 Å². The lowest BCUT2D eigenvalue weighted by Gasteiger charge is -2.20. The second-order valence-corrected chi connectivity index (χ2v) is 5.67. The lowest BCUT2D eigenvalue weighted by Crippen LogP contribution is -2.21. The number of ether oxygens (including phenoxy) is 1. The van der Waals surface area contributed by atoms with Gasteiger partial charge in [0.05, 0.1) is 7.11 Å². The molecule has 0 heterocycles. The van der Waals surface area contributed by atoms with Crippen molar-refractivity contribution in [3.05, 3.63) is 63.9 Å². The van der Waals surface area contributed by atoms with Gasteiger partial charge in [-0.15, -0.1) is 0 Å². The number of benzene rings is 2. The Hall–Kier alpha value is -1.39. The molecule has 1 unspecified atom stereocenters. The van der Waals surface area contributed by atoms with Crippen molar-refractivity contribution in [2.45, 2.75) is 25.9 Å². The van der Waals surface area contributed by atoms with Crippen LogP contribution in [0, 0.1) is 5.82 Å². The van der Waals surface area contributed by atoms with Crippen LogP contribution in [-0.4, -0.2) is 7.11 Å². The molecule has 112 valence electrons. The molecule has 0 aliphatic heterocycles. The Morgan fingerprint density at radius 2 is 2.00 bits per heavy atom. The van der Waals surface area contributed by atoms with Gasteiger partial charge in [0.2, 0.25) is 0 Å². The van der Waals surface area contributed by atoms with Gasteiger partial charge in [-0.05, 0) is 30.2 Å². The maximum atomic E-state index is 13.1. The summed E-state index contributed by atoms with van der Waals surface area (Å²) in [4.78, 5) is 0. The molecule has 0 radical (unpaired) electrons. The van der Waals surface area contributed by atoms with Crippen LogP contribution in [0.3, 0.4) is 0 Å². The molecule has 2 aromatic carbocycles. The van der Waals surface area contributed by atoms with E-state index in [0.29, 0.717) is 6.54 Å². The highest BCUT2D eigenvalue weighted by Gasteiger charge is 2.14. The predicted octanol–water partition coefficient (Wildman–Crippen LogP) is 4.84. The molecule has 4 heteroatoms. The molecule has 2 rings (SSSR count). The molecule has 2 nitrogen and oxygen atoms in total. The van der Waals surface area contributed by atoms with Crippen LogP contribution in [-0.2, 0) is 6.54 Å². The Balaban J connectivity index is 2.12. The van der Waals surface area contributed by atoms with Gasteiger partial charge in [0.15, 0.2) is 0 Å². The molecule has 2 aromatic rings. The van der Waals surface area contributed by atoms with Gasteiger partial charge in [-0.3, -0.25) is 0 Å². The molecule has 0 aromatic heterocycles. The van der Waals surface area contributed by atoms with Gasteiger partial charge in [-0.1, -0.05) is 47.1 Å². The highest BCUT2D eigenvalue weighted by atomic mass is 79.9. The van der Waals surface area contributed by atoms with Crippen LogP contribution in [0.1, 0.15) is 30.5 Å². The molecular weight excluding hydrogens is 333 g/mol. The maximum Gasteiger partial charge on any atom is 0.124 e. The Bertz CT molecular complexity index is 603. The maximum absolute atomic E-state index is 13.1. The minimum Gasteiger partial charge on any atom is -0.496 e. The van der Waals surface area contributed by atoms with Crippen LogP contribution in [0.25, 0.3) is 0 Å². The molecule has 21 heavy (non-hydrogen) atoms. The average Bonchev–Trinajstić information content (AvgIpc) is 2.50. The summed E-state index contributed by atoms with van der Waals surface area (Å²) in [6, 6.07) is 13.0. The van der Waals surface area contributed by atoms with Crippen LogP contribution in [0.15, 0.2) is 46.9 Å². The van der Waals surface area contributed by atoms with E-state index in [0.717, 1.165) is 27.8 Å². The number of methoxy groups -OCH3 is 1. The largest absolute Gasteiger partial charge is 0.496 e. The summed E-state index contributed by atoms with van der Waals surface area (Å²) in [7, 11) is 1.68. The second-order valence-electron chi connectivity index (χ2n) is 4.82. The SMILES string of the molecule is CCC(NCc1ccc(F)cc1Br)c1ccccc1OC. The van der Waals surface area contributed by atoms with E-state index >= 15 is 0 Å². The van der Waals surface area contributed by atoms with E-state index in [-0.39, 0.29) is 11.9 Å². The third-order valence-corrected chi connectivity index (χ3v) is 4.21. The van der Waals surface area contributed by atoms with Crippen molar-refractivity contribution >= 4 is 15.9 Å². The van der Waals surface area contributed by atoms with Gasteiger partial charge in [-0.2, -0.15) is 0 Å². The Morgan fingerprint density at radius 3 is 2.67 bits per heavy atom. The molecule has 1 N–H and O–H groups in total. The van der Waals surface area contributed by atoms with Crippen molar-refractivity contribution in [2.24, 2.45) is 0 Å². The molecule has 0 aliphatic rings. The highest BCUT2D eigenvalue weighted by molar-refractivity contribution is 9.10. The van der Waals surface area contributed by atoms with Crippen molar-refractivity contribution in [2.75, 3.05) is 7.11 Å². The topological polar surface area (TPSA) is 21.3 Å². The van der Waals surface area contributed by atoms with Crippen LogP contribution in [0.2, 0.25) is 0 Å². The van der Waals surface area contributed by atoms with E-state index in [1.54, 1.807) is 13.2 Å². The molecule has 0 saturated heterocycles. The van der Waals surface area contributed by atoms with Gasteiger partial charge >= 0.3 is 0 Å². The highest BCUT2D eigenvalue weighted by Crippen LogP contribution is 2.27. The van der Waals surface area contributed by atoms with Crippen molar-refractivity contribution in [3.8, 4) is 5.75 Å². The summed E-state index contributed by atoms with van der Waals surface area (Å²) in [5.74, 6) is 0.650. The first-order valence-electron chi connectivity index (χ1n) is 6.96. The Morgan fingerprint density at radius 1 is 1.24 bits per heavy atom. The van der Waals surface area contributed by atoms with E-state index in [1.165, 1.54) is 12.1 Å². The van der Waals surface area contributed by atoms with Crippen molar-refractivity contribution < 1.29 is 9.13 Å². The van der Waals surface area contributed by atoms with Crippen LogP contribution < -0.4 is 10.1 Å². The fourth-order valence-corrected chi connectivity index (χ4v) is 2.82. The molecule has 0 bridgehead atoms. The van der Waals surface area contributed by atoms with Crippen molar-refractivity contribution in [1.29, 1.82) is 0 Å². The molecule has 0 amide bonds. The third-order valence-electron chi connectivity index (χ3n) is 3.48. The smallest absolute Gasteiger partial charge is 0.124 e. The first kappa shape index (κ1) is 16.0. The van der Waals surface area contributed by atoms with Crippen LogP contribution >= 0.6 is 15.9 Å². The predicted molar refractivity (Wildman–Crippen MR) is 87.0 cm³/mol. The summed E-state index contributed by atoms with van der Waals surface area (Å²) < 4.78 is 19.3. The lowest BCUT2D eigenvalue weighted by atomic mass is 10.0. The molecule has 0 saturated carbocycles. The minimum atomic E-state index is -0.234. The van der Waals surface area contributed by atoms with Crippen LogP contribution in [0.4, 0.5) is 4.39 Å². The zero-order chi connectivity index (χ0) is 15.2. The van der Waals surface area contributed by atoms with Crippen LogP contribution in [0.5, 0.6) is 5.75 Å². The number of hydrogen-bond donors (Lipinski definition) is 1. The summed E-state index contributed by atoms with van der Waals surface area (Å²) in [6.45, 7) is 2.79. The van der Waals surface area contributed by atoms with E-state index in [4.69, 9.17) is 4.74 Å². The fourth-order valence-electron chi connectivity index (χ4n) is 2.33. The molecule has 0 fully saturated rings. The van der Waals surface area contributed by atoms with Gasteiger partial charge in [-0.25, -0.2) is 4.39 Å². The normalized spacial score (nSPS) is 12.2. The molecule has 0 aliphatic carbocycles. The lowest BCUT2D eigenvalue weighted by molar-refractivity contribution is 0.396. The molecular formula is C17H19BrFNO. The van der Waals surface area contributed by atoms with Crippen molar-refractivity contribution in [3.63, 3.8) is 0 Å². The van der Waals surface area contributed by atoms with Gasteiger partial charge < -0.3 is 10.1 Å². The number of para-hydroxylation sites is 1. The fraction of sp³-hybridized carbons (Fsp3) is 0.294.